The average Bonchev–Trinajstić information content (AvgIpc) is 3.35. The van der Waals surface area contributed by atoms with E-state index in [1.54, 1.807) is 0 Å². The number of carboxylic acid groups (broad SMARTS) is 1. The molecule has 0 bridgehead atoms. The lowest BCUT2D eigenvalue weighted by Gasteiger charge is -2.38. The number of benzene rings is 1. The predicted molar refractivity (Wildman–Crippen MR) is 85.4 cm³/mol. The van der Waals surface area contributed by atoms with Gasteiger partial charge in [0.25, 0.3) is 0 Å². The van der Waals surface area contributed by atoms with Crippen LogP contribution in [0, 0.1) is 11.8 Å². The zero-order chi connectivity index (χ0) is 16.4. The molecule has 124 valence electrons. The van der Waals surface area contributed by atoms with E-state index >= 15 is 0 Å². The van der Waals surface area contributed by atoms with Crippen molar-refractivity contribution in [2.75, 3.05) is 19.8 Å². The molecule has 1 aromatic rings. The van der Waals surface area contributed by atoms with Gasteiger partial charge in [-0.15, -0.1) is 0 Å². The summed E-state index contributed by atoms with van der Waals surface area (Å²) in [6, 6.07) is 7.69. The van der Waals surface area contributed by atoms with Crippen molar-refractivity contribution in [3.8, 4) is 0 Å². The maximum Gasteiger partial charge on any atom is 0.307 e. The van der Waals surface area contributed by atoms with Crippen LogP contribution in [-0.4, -0.2) is 36.7 Å². The van der Waals surface area contributed by atoms with E-state index in [-0.39, 0.29) is 11.3 Å². The third kappa shape index (κ3) is 3.35. The highest BCUT2D eigenvalue weighted by atomic mass is 35.5. The van der Waals surface area contributed by atoms with Crippen LogP contribution in [0.25, 0.3) is 0 Å². The minimum absolute atomic E-state index is 0.171. The molecule has 0 radical (unpaired) electrons. The van der Waals surface area contributed by atoms with Crippen molar-refractivity contribution in [3.63, 3.8) is 0 Å². The number of rotatable bonds is 5. The van der Waals surface area contributed by atoms with Crippen LogP contribution >= 0.6 is 11.6 Å². The number of amides is 1. The van der Waals surface area contributed by atoms with Gasteiger partial charge in [0.05, 0.1) is 11.8 Å². The number of carboxylic acids is 1. The van der Waals surface area contributed by atoms with Crippen molar-refractivity contribution in [1.82, 2.24) is 5.32 Å². The van der Waals surface area contributed by atoms with Gasteiger partial charge in [0.1, 0.15) is 0 Å². The SMILES string of the molecule is O=C(O)[C@@H]1C[C@H]1C(=O)NCC1(c2ccccc2Cl)CCOCC1. The fourth-order valence-electron chi connectivity index (χ4n) is 3.34. The van der Waals surface area contributed by atoms with Crippen molar-refractivity contribution < 1.29 is 19.4 Å². The second kappa shape index (κ2) is 6.49. The molecule has 1 aromatic carbocycles. The lowest BCUT2D eigenvalue weighted by molar-refractivity contribution is -0.140. The zero-order valence-corrected chi connectivity index (χ0v) is 13.5. The van der Waals surface area contributed by atoms with Gasteiger partial charge < -0.3 is 15.2 Å². The van der Waals surface area contributed by atoms with Crippen molar-refractivity contribution in [2.45, 2.75) is 24.7 Å². The van der Waals surface area contributed by atoms with Gasteiger partial charge in [0, 0.05) is 30.2 Å². The van der Waals surface area contributed by atoms with Gasteiger partial charge in [-0.3, -0.25) is 9.59 Å². The van der Waals surface area contributed by atoms with Gasteiger partial charge in [-0.1, -0.05) is 29.8 Å². The Balaban J connectivity index is 1.72. The Morgan fingerprint density at radius 2 is 1.96 bits per heavy atom. The maximum absolute atomic E-state index is 12.2. The molecule has 0 aromatic heterocycles. The normalized spacial score (nSPS) is 25.6. The zero-order valence-electron chi connectivity index (χ0n) is 12.8. The largest absolute Gasteiger partial charge is 0.481 e. The van der Waals surface area contributed by atoms with Crippen LogP contribution in [0.5, 0.6) is 0 Å². The van der Waals surface area contributed by atoms with Crippen molar-refractivity contribution in [3.05, 3.63) is 34.9 Å². The Morgan fingerprint density at radius 1 is 1.26 bits per heavy atom. The molecule has 3 rings (SSSR count). The van der Waals surface area contributed by atoms with Crippen LogP contribution < -0.4 is 5.32 Å². The molecule has 1 aliphatic heterocycles. The molecule has 1 saturated carbocycles. The van der Waals surface area contributed by atoms with Gasteiger partial charge in [0.15, 0.2) is 0 Å². The third-order valence-electron chi connectivity index (χ3n) is 4.94. The number of hydrogen-bond acceptors (Lipinski definition) is 3. The minimum Gasteiger partial charge on any atom is -0.481 e. The highest BCUT2D eigenvalue weighted by molar-refractivity contribution is 6.31. The van der Waals surface area contributed by atoms with Gasteiger partial charge in [-0.25, -0.2) is 0 Å². The van der Waals surface area contributed by atoms with E-state index in [1.807, 2.05) is 24.3 Å². The first kappa shape index (κ1) is 16.3. The molecule has 1 saturated heterocycles. The second-order valence-electron chi connectivity index (χ2n) is 6.38. The molecule has 2 fully saturated rings. The number of ether oxygens (including phenoxy) is 1. The Morgan fingerprint density at radius 3 is 2.57 bits per heavy atom. The number of nitrogens with one attached hydrogen (secondary N) is 1. The summed E-state index contributed by atoms with van der Waals surface area (Å²) in [4.78, 5) is 23.1. The number of carbonyl (C=O) groups is 2. The summed E-state index contributed by atoms with van der Waals surface area (Å²) in [6.07, 6.45) is 2.00. The summed E-state index contributed by atoms with van der Waals surface area (Å²) in [5.74, 6) is -1.98. The molecular formula is C17H20ClNO4. The van der Waals surface area contributed by atoms with E-state index in [9.17, 15) is 9.59 Å². The van der Waals surface area contributed by atoms with Crippen LogP contribution in [0.2, 0.25) is 5.02 Å². The molecule has 6 heteroatoms. The highest BCUT2D eigenvalue weighted by Gasteiger charge is 2.48. The second-order valence-corrected chi connectivity index (χ2v) is 6.78. The van der Waals surface area contributed by atoms with Crippen LogP contribution in [0.3, 0.4) is 0 Å². The summed E-state index contributed by atoms with van der Waals surface area (Å²) in [5.41, 5.74) is 0.774. The molecule has 1 aliphatic carbocycles. The Hall–Kier alpha value is -1.59. The first-order valence-electron chi connectivity index (χ1n) is 7.87. The summed E-state index contributed by atoms with van der Waals surface area (Å²) in [5, 5.41) is 12.6. The molecule has 1 amide bonds. The monoisotopic (exact) mass is 337 g/mol. The van der Waals surface area contributed by atoms with E-state index in [2.05, 4.69) is 5.32 Å². The maximum atomic E-state index is 12.2. The van der Waals surface area contributed by atoms with Crippen LogP contribution in [0.1, 0.15) is 24.8 Å². The fourth-order valence-corrected chi connectivity index (χ4v) is 3.68. The van der Waals surface area contributed by atoms with Gasteiger partial charge >= 0.3 is 5.97 Å². The molecule has 2 N–H and O–H groups in total. The minimum atomic E-state index is -0.892. The summed E-state index contributed by atoms with van der Waals surface area (Å²) >= 11 is 6.37. The van der Waals surface area contributed by atoms with Crippen molar-refractivity contribution in [1.29, 1.82) is 0 Å². The lowest BCUT2D eigenvalue weighted by Crippen LogP contribution is -2.45. The number of hydrogen-bond donors (Lipinski definition) is 2. The van der Waals surface area contributed by atoms with Crippen molar-refractivity contribution >= 4 is 23.5 Å². The molecular weight excluding hydrogens is 318 g/mol. The third-order valence-corrected chi connectivity index (χ3v) is 5.27. The molecule has 2 aliphatic rings. The smallest absolute Gasteiger partial charge is 0.307 e. The van der Waals surface area contributed by atoms with Gasteiger partial charge in [0.2, 0.25) is 5.91 Å². The predicted octanol–water partition coefficient (Wildman–Crippen LogP) is 2.23. The number of carbonyl (C=O) groups excluding carboxylic acids is 1. The molecule has 5 nitrogen and oxygen atoms in total. The molecule has 23 heavy (non-hydrogen) atoms. The Labute approximate surface area is 140 Å². The standard InChI is InChI=1S/C17H20ClNO4/c18-14-4-2-1-3-13(14)17(5-7-23-8-6-17)10-19-15(20)11-9-12(11)16(21)22/h1-4,11-12H,5-10H2,(H,19,20)(H,21,22)/t11-,12-/m1/s1. The summed E-state index contributed by atoms with van der Waals surface area (Å²) in [7, 11) is 0. The molecule has 0 spiro atoms. The Bertz CT molecular complexity index is 612. The van der Waals surface area contributed by atoms with Crippen LogP contribution in [0.4, 0.5) is 0 Å². The average molecular weight is 338 g/mol. The highest BCUT2D eigenvalue weighted by Crippen LogP contribution is 2.40. The van der Waals surface area contributed by atoms with Crippen LogP contribution in [-0.2, 0) is 19.7 Å². The van der Waals surface area contributed by atoms with Gasteiger partial charge in [-0.2, -0.15) is 0 Å². The summed E-state index contributed by atoms with van der Waals surface area (Å²) < 4.78 is 5.47. The Kier molecular flexibility index (Phi) is 4.60. The topological polar surface area (TPSA) is 75.6 Å². The number of halogens is 1. The van der Waals surface area contributed by atoms with E-state index in [1.165, 1.54) is 0 Å². The summed E-state index contributed by atoms with van der Waals surface area (Å²) in [6.45, 7) is 1.71. The number of aliphatic carboxylic acids is 1. The van der Waals surface area contributed by atoms with E-state index in [0.717, 1.165) is 18.4 Å². The van der Waals surface area contributed by atoms with E-state index in [4.69, 9.17) is 21.4 Å². The molecule has 2 atom stereocenters. The first-order chi connectivity index (χ1) is 11.0. The molecule has 0 unspecified atom stereocenters. The first-order valence-corrected chi connectivity index (χ1v) is 8.24. The lowest BCUT2D eigenvalue weighted by atomic mass is 9.74. The van der Waals surface area contributed by atoms with Crippen molar-refractivity contribution in [2.24, 2.45) is 11.8 Å². The molecule has 1 heterocycles. The van der Waals surface area contributed by atoms with Gasteiger partial charge in [-0.05, 0) is 30.9 Å². The fraction of sp³-hybridized carbons (Fsp3) is 0.529. The van der Waals surface area contributed by atoms with E-state index in [0.29, 0.717) is 31.2 Å². The van der Waals surface area contributed by atoms with E-state index < -0.39 is 17.8 Å². The quantitative estimate of drug-likeness (QED) is 0.864. The van der Waals surface area contributed by atoms with Crippen LogP contribution in [0.15, 0.2) is 24.3 Å².